The molecule has 122 valence electrons. The van der Waals surface area contributed by atoms with Crippen molar-refractivity contribution in [2.45, 2.75) is 38.2 Å². The first-order chi connectivity index (χ1) is 11.1. The number of carbonyl (C=O) groups is 1. The van der Waals surface area contributed by atoms with Gasteiger partial charge in [-0.3, -0.25) is 4.79 Å². The lowest BCUT2D eigenvalue weighted by atomic mass is 9.84. The number of halogens is 1. The lowest BCUT2D eigenvalue weighted by Crippen LogP contribution is -2.37. The first-order valence-corrected chi connectivity index (χ1v) is 8.63. The van der Waals surface area contributed by atoms with Gasteiger partial charge in [0.2, 0.25) is 0 Å². The van der Waals surface area contributed by atoms with Crippen LogP contribution in [-0.2, 0) is 21.6 Å². The number of ether oxygens (including phenoxy) is 1. The molecule has 0 amide bonds. The van der Waals surface area contributed by atoms with Crippen LogP contribution < -0.4 is 0 Å². The monoisotopic (exact) mass is 377 g/mol. The molecule has 2 heterocycles. The fourth-order valence-corrected chi connectivity index (χ4v) is 4.09. The van der Waals surface area contributed by atoms with Gasteiger partial charge in [-0.05, 0) is 43.9 Å². The van der Waals surface area contributed by atoms with Crippen LogP contribution in [0.4, 0.5) is 0 Å². The SMILES string of the molecule is CC=CCCC1(CC(=O)O)OCCc2c1[nH]c1cccc(Br)c21. The van der Waals surface area contributed by atoms with Gasteiger partial charge in [0, 0.05) is 15.4 Å². The first kappa shape index (κ1) is 16.3. The summed E-state index contributed by atoms with van der Waals surface area (Å²) in [6, 6.07) is 6.02. The molecule has 1 atom stereocenters. The molecule has 2 aromatic rings. The highest BCUT2D eigenvalue weighted by Gasteiger charge is 2.41. The molecule has 1 aliphatic rings. The highest BCUT2D eigenvalue weighted by atomic mass is 79.9. The van der Waals surface area contributed by atoms with E-state index in [9.17, 15) is 9.90 Å². The number of rotatable bonds is 5. The maximum Gasteiger partial charge on any atom is 0.306 e. The molecule has 0 saturated carbocycles. The molecule has 1 aromatic heterocycles. The summed E-state index contributed by atoms with van der Waals surface area (Å²) in [6.45, 7) is 2.52. The molecule has 0 radical (unpaired) electrons. The smallest absolute Gasteiger partial charge is 0.306 e. The normalized spacial score (nSPS) is 21.0. The van der Waals surface area contributed by atoms with Crippen LogP contribution in [0.15, 0.2) is 34.8 Å². The largest absolute Gasteiger partial charge is 0.481 e. The van der Waals surface area contributed by atoms with Crippen molar-refractivity contribution < 1.29 is 14.6 Å². The van der Waals surface area contributed by atoms with E-state index in [1.54, 1.807) is 0 Å². The number of carboxylic acids is 1. The van der Waals surface area contributed by atoms with Gasteiger partial charge in [0.05, 0.1) is 18.7 Å². The minimum Gasteiger partial charge on any atom is -0.481 e. The Balaban J connectivity index is 2.14. The summed E-state index contributed by atoms with van der Waals surface area (Å²) in [5.41, 5.74) is 2.35. The number of fused-ring (bicyclic) bond motifs is 3. The van der Waals surface area contributed by atoms with Crippen molar-refractivity contribution in [3.63, 3.8) is 0 Å². The van der Waals surface area contributed by atoms with E-state index in [1.807, 2.05) is 31.2 Å². The Bertz CT molecular complexity index is 765. The van der Waals surface area contributed by atoms with E-state index in [0.717, 1.165) is 33.9 Å². The van der Waals surface area contributed by atoms with Gasteiger partial charge in [-0.2, -0.15) is 0 Å². The van der Waals surface area contributed by atoms with Gasteiger partial charge in [-0.25, -0.2) is 0 Å². The van der Waals surface area contributed by atoms with Gasteiger partial charge in [0.1, 0.15) is 5.60 Å². The van der Waals surface area contributed by atoms with Crippen LogP contribution in [0, 0.1) is 0 Å². The lowest BCUT2D eigenvalue weighted by Gasteiger charge is -2.36. The average Bonchev–Trinajstić information content (AvgIpc) is 2.88. The summed E-state index contributed by atoms with van der Waals surface area (Å²) in [6.07, 6.45) is 6.26. The molecule has 0 aliphatic carbocycles. The van der Waals surface area contributed by atoms with E-state index >= 15 is 0 Å². The van der Waals surface area contributed by atoms with Crippen molar-refractivity contribution in [1.82, 2.24) is 4.98 Å². The van der Waals surface area contributed by atoms with Crippen molar-refractivity contribution in [2.75, 3.05) is 6.61 Å². The fourth-order valence-electron chi connectivity index (χ4n) is 3.48. The molecule has 0 bridgehead atoms. The summed E-state index contributed by atoms with van der Waals surface area (Å²) in [7, 11) is 0. The summed E-state index contributed by atoms with van der Waals surface area (Å²) in [5, 5.41) is 10.6. The third-order valence-electron chi connectivity index (χ3n) is 4.45. The highest BCUT2D eigenvalue weighted by Crippen LogP contribution is 2.43. The van der Waals surface area contributed by atoms with Gasteiger partial charge in [0.25, 0.3) is 0 Å². The Labute approximate surface area is 143 Å². The second kappa shape index (κ2) is 6.49. The van der Waals surface area contributed by atoms with Crippen LogP contribution in [0.2, 0.25) is 0 Å². The molecule has 1 aromatic carbocycles. The quantitative estimate of drug-likeness (QED) is 0.752. The predicted molar refractivity (Wildman–Crippen MR) is 93.6 cm³/mol. The van der Waals surface area contributed by atoms with Crippen LogP contribution in [0.5, 0.6) is 0 Å². The predicted octanol–water partition coefficient (Wildman–Crippen LogP) is 4.53. The molecule has 2 N–H and O–H groups in total. The molecule has 23 heavy (non-hydrogen) atoms. The molecule has 0 spiro atoms. The van der Waals surface area contributed by atoms with Crippen LogP contribution in [0.25, 0.3) is 10.9 Å². The zero-order chi connectivity index (χ0) is 16.4. The summed E-state index contributed by atoms with van der Waals surface area (Å²) < 4.78 is 7.09. The molecule has 1 unspecified atom stereocenters. The number of H-pyrrole nitrogens is 1. The third-order valence-corrected chi connectivity index (χ3v) is 5.11. The zero-order valence-electron chi connectivity index (χ0n) is 13.1. The Morgan fingerprint density at radius 3 is 3.09 bits per heavy atom. The standard InChI is InChI=1S/C18H20BrNO3/c1-2-3-4-9-18(11-15(21)22)17-12(8-10-23-18)16-13(19)6-5-7-14(16)20-17/h2-3,5-7,20H,4,8-11H2,1H3,(H,21,22). The van der Waals surface area contributed by atoms with E-state index < -0.39 is 11.6 Å². The van der Waals surface area contributed by atoms with E-state index in [-0.39, 0.29) is 6.42 Å². The van der Waals surface area contributed by atoms with Crippen molar-refractivity contribution in [1.29, 1.82) is 0 Å². The topological polar surface area (TPSA) is 62.3 Å². The minimum atomic E-state index is -0.837. The Morgan fingerprint density at radius 1 is 1.52 bits per heavy atom. The van der Waals surface area contributed by atoms with Gasteiger partial charge in [-0.1, -0.05) is 34.1 Å². The van der Waals surface area contributed by atoms with Crippen molar-refractivity contribution >= 4 is 32.8 Å². The lowest BCUT2D eigenvalue weighted by molar-refractivity contribution is -0.149. The van der Waals surface area contributed by atoms with Gasteiger partial charge in [0.15, 0.2) is 0 Å². The number of nitrogens with one attached hydrogen (secondary N) is 1. The Morgan fingerprint density at radius 2 is 2.35 bits per heavy atom. The number of aliphatic carboxylic acids is 1. The third kappa shape index (κ3) is 2.95. The van der Waals surface area contributed by atoms with Gasteiger partial charge in [-0.15, -0.1) is 0 Å². The molecule has 1 aliphatic heterocycles. The average molecular weight is 378 g/mol. The minimum absolute atomic E-state index is 0.0258. The number of aromatic nitrogens is 1. The number of carboxylic acid groups (broad SMARTS) is 1. The fraction of sp³-hybridized carbons (Fsp3) is 0.389. The second-order valence-electron chi connectivity index (χ2n) is 5.91. The van der Waals surface area contributed by atoms with Crippen LogP contribution in [-0.4, -0.2) is 22.7 Å². The van der Waals surface area contributed by atoms with E-state index in [1.165, 1.54) is 5.56 Å². The van der Waals surface area contributed by atoms with Crippen molar-refractivity contribution in [3.05, 3.63) is 46.1 Å². The Hall–Kier alpha value is -1.59. The van der Waals surface area contributed by atoms with Gasteiger partial charge < -0.3 is 14.8 Å². The molecule has 0 fully saturated rings. The number of hydrogen-bond acceptors (Lipinski definition) is 2. The summed E-state index contributed by atoms with van der Waals surface area (Å²) in [4.78, 5) is 14.9. The summed E-state index contributed by atoms with van der Waals surface area (Å²) in [5.74, 6) is -0.837. The Kier molecular flexibility index (Phi) is 4.60. The second-order valence-corrected chi connectivity index (χ2v) is 6.77. The van der Waals surface area contributed by atoms with E-state index in [4.69, 9.17) is 4.74 Å². The highest BCUT2D eigenvalue weighted by molar-refractivity contribution is 9.10. The number of allylic oxidation sites excluding steroid dienone is 2. The maximum atomic E-state index is 11.5. The van der Waals surface area contributed by atoms with Crippen LogP contribution in [0.3, 0.4) is 0 Å². The zero-order valence-corrected chi connectivity index (χ0v) is 14.6. The maximum absolute atomic E-state index is 11.5. The first-order valence-electron chi connectivity index (χ1n) is 7.84. The van der Waals surface area contributed by atoms with Crippen LogP contribution in [0.1, 0.15) is 37.4 Å². The number of hydrogen-bond donors (Lipinski definition) is 2. The van der Waals surface area contributed by atoms with Gasteiger partial charge >= 0.3 is 5.97 Å². The summed E-state index contributed by atoms with van der Waals surface area (Å²) >= 11 is 3.62. The molecule has 5 heteroatoms. The van der Waals surface area contributed by atoms with Crippen LogP contribution >= 0.6 is 15.9 Å². The molecule has 3 rings (SSSR count). The molecule has 4 nitrogen and oxygen atoms in total. The number of aromatic amines is 1. The number of benzene rings is 1. The molecular weight excluding hydrogens is 358 g/mol. The van der Waals surface area contributed by atoms with Crippen molar-refractivity contribution in [2.24, 2.45) is 0 Å². The van der Waals surface area contributed by atoms with Crippen molar-refractivity contribution in [3.8, 4) is 0 Å². The molecule has 0 saturated heterocycles. The molecular formula is C18H20BrNO3. The van der Waals surface area contributed by atoms with E-state index in [0.29, 0.717) is 13.0 Å². The van der Waals surface area contributed by atoms with E-state index in [2.05, 4.69) is 27.0 Å².